The van der Waals surface area contributed by atoms with Crippen LogP contribution >= 0.6 is 11.3 Å². The number of ether oxygens (including phenoxy) is 1. The zero-order chi connectivity index (χ0) is 18.0. The number of aryl methyl sites for hydroxylation is 2. The lowest BCUT2D eigenvalue weighted by Crippen LogP contribution is -2.11. The van der Waals surface area contributed by atoms with E-state index in [1.54, 1.807) is 12.1 Å². The van der Waals surface area contributed by atoms with Crippen LogP contribution in [0, 0.1) is 19.8 Å². The van der Waals surface area contributed by atoms with Crippen molar-refractivity contribution in [2.24, 2.45) is 5.92 Å². The molecule has 2 aromatic carbocycles. The van der Waals surface area contributed by atoms with E-state index in [-0.39, 0.29) is 5.91 Å². The maximum absolute atomic E-state index is 12.5. The molecule has 1 N–H and O–H groups in total. The van der Waals surface area contributed by atoms with Gasteiger partial charge in [0.25, 0.3) is 5.91 Å². The van der Waals surface area contributed by atoms with Crippen LogP contribution in [0.15, 0.2) is 36.4 Å². The first-order valence-corrected chi connectivity index (χ1v) is 9.16. The Morgan fingerprint density at radius 1 is 1.12 bits per heavy atom. The number of carbonyl (C=O) groups is 1. The van der Waals surface area contributed by atoms with E-state index in [0.717, 1.165) is 21.5 Å². The van der Waals surface area contributed by atoms with Crippen molar-refractivity contribution in [3.05, 3.63) is 53.1 Å². The predicted octanol–water partition coefficient (Wildman–Crippen LogP) is 5.20. The molecule has 1 amide bonds. The third-order valence-corrected chi connectivity index (χ3v) is 4.97. The molecule has 0 saturated carbocycles. The van der Waals surface area contributed by atoms with Crippen LogP contribution in [0.4, 0.5) is 5.13 Å². The molecule has 1 aromatic heterocycles. The number of aromatic nitrogens is 1. The quantitative estimate of drug-likeness (QED) is 0.685. The van der Waals surface area contributed by atoms with E-state index in [9.17, 15) is 4.79 Å². The van der Waals surface area contributed by atoms with Gasteiger partial charge in [-0.25, -0.2) is 4.98 Å². The Labute approximate surface area is 151 Å². The van der Waals surface area contributed by atoms with E-state index in [4.69, 9.17) is 4.74 Å². The Kier molecular flexibility index (Phi) is 5.04. The molecule has 4 nitrogen and oxygen atoms in total. The Bertz CT molecular complexity index is 859. The largest absolute Gasteiger partial charge is 0.493 e. The van der Waals surface area contributed by atoms with Gasteiger partial charge in [0.1, 0.15) is 5.75 Å². The number of anilines is 1. The Balaban J connectivity index is 1.74. The van der Waals surface area contributed by atoms with Crippen LogP contribution in [0.3, 0.4) is 0 Å². The minimum atomic E-state index is -0.162. The molecular formula is C20H22N2O2S. The van der Waals surface area contributed by atoms with Gasteiger partial charge in [-0.15, -0.1) is 0 Å². The molecule has 0 aliphatic heterocycles. The van der Waals surface area contributed by atoms with Crippen molar-refractivity contribution in [3.63, 3.8) is 0 Å². The van der Waals surface area contributed by atoms with Gasteiger partial charge in [-0.3, -0.25) is 10.1 Å². The summed E-state index contributed by atoms with van der Waals surface area (Å²) in [6, 6.07) is 11.3. The van der Waals surface area contributed by atoms with Gasteiger partial charge in [-0.05, 0) is 55.2 Å². The van der Waals surface area contributed by atoms with Crippen LogP contribution < -0.4 is 10.1 Å². The summed E-state index contributed by atoms with van der Waals surface area (Å²) in [7, 11) is 0. The molecule has 130 valence electrons. The SMILES string of the molecule is Cc1ccc(C)c2sc(NC(=O)c3ccc(OCC(C)C)cc3)nc12. The fourth-order valence-corrected chi connectivity index (χ4v) is 3.45. The lowest BCUT2D eigenvalue weighted by atomic mass is 10.1. The van der Waals surface area contributed by atoms with E-state index in [2.05, 4.69) is 43.2 Å². The third kappa shape index (κ3) is 3.99. The molecule has 0 atom stereocenters. The van der Waals surface area contributed by atoms with Gasteiger partial charge >= 0.3 is 0 Å². The summed E-state index contributed by atoms with van der Waals surface area (Å²) in [4.78, 5) is 17.0. The summed E-state index contributed by atoms with van der Waals surface area (Å²) >= 11 is 1.51. The Morgan fingerprint density at radius 3 is 2.44 bits per heavy atom. The molecule has 0 spiro atoms. The normalized spacial score (nSPS) is 11.1. The smallest absolute Gasteiger partial charge is 0.257 e. The van der Waals surface area contributed by atoms with Crippen LogP contribution in [0.5, 0.6) is 5.75 Å². The molecule has 0 bridgehead atoms. The van der Waals surface area contributed by atoms with E-state index >= 15 is 0 Å². The van der Waals surface area contributed by atoms with Crippen LogP contribution in [-0.4, -0.2) is 17.5 Å². The van der Waals surface area contributed by atoms with E-state index < -0.39 is 0 Å². The molecule has 3 aromatic rings. The van der Waals surface area contributed by atoms with Crippen molar-refractivity contribution in [2.75, 3.05) is 11.9 Å². The third-order valence-electron chi connectivity index (χ3n) is 3.86. The average Bonchev–Trinajstić information content (AvgIpc) is 3.02. The van der Waals surface area contributed by atoms with Crippen LogP contribution in [0.1, 0.15) is 35.3 Å². The molecule has 1 heterocycles. The molecule has 0 fully saturated rings. The van der Waals surface area contributed by atoms with Gasteiger partial charge in [0.15, 0.2) is 5.13 Å². The van der Waals surface area contributed by atoms with E-state index in [1.165, 1.54) is 16.9 Å². The predicted molar refractivity (Wildman–Crippen MR) is 104 cm³/mol. The zero-order valence-corrected chi connectivity index (χ0v) is 15.7. The zero-order valence-electron chi connectivity index (χ0n) is 14.9. The van der Waals surface area contributed by atoms with Gasteiger partial charge in [0.2, 0.25) is 0 Å². The molecule has 0 aliphatic carbocycles. The number of rotatable bonds is 5. The first-order chi connectivity index (χ1) is 11.9. The number of nitrogens with zero attached hydrogens (tertiary/aromatic N) is 1. The number of thiazole rings is 1. The van der Waals surface area contributed by atoms with E-state index in [0.29, 0.717) is 23.2 Å². The van der Waals surface area contributed by atoms with Gasteiger partial charge in [0.05, 0.1) is 16.8 Å². The fourth-order valence-electron chi connectivity index (χ4n) is 2.45. The minimum absolute atomic E-state index is 0.162. The van der Waals surface area contributed by atoms with Crippen molar-refractivity contribution < 1.29 is 9.53 Å². The maximum atomic E-state index is 12.5. The lowest BCUT2D eigenvalue weighted by Gasteiger charge is -2.09. The summed E-state index contributed by atoms with van der Waals surface area (Å²) in [5, 5.41) is 3.52. The highest BCUT2D eigenvalue weighted by Gasteiger charge is 2.12. The van der Waals surface area contributed by atoms with Crippen LogP contribution in [0.25, 0.3) is 10.2 Å². The topological polar surface area (TPSA) is 51.2 Å². The Hall–Kier alpha value is -2.40. The first kappa shape index (κ1) is 17.4. The molecule has 0 saturated heterocycles. The summed E-state index contributed by atoms with van der Waals surface area (Å²) in [5.41, 5.74) is 3.83. The number of carbonyl (C=O) groups excluding carboxylic acids is 1. The summed E-state index contributed by atoms with van der Waals surface area (Å²) < 4.78 is 6.76. The first-order valence-electron chi connectivity index (χ1n) is 8.35. The number of amides is 1. The molecule has 5 heteroatoms. The maximum Gasteiger partial charge on any atom is 0.257 e. The number of nitrogens with one attached hydrogen (secondary N) is 1. The van der Waals surface area contributed by atoms with Crippen molar-refractivity contribution >= 4 is 32.6 Å². The second kappa shape index (κ2) is 7.23. The van der Waals surface area contributed by atoms with Crippen LogP contribution in [-0.2, 0) is 0 Å². The minimum Gasteiger partial charge on any atom is -0.493 e. The summed E-state index contributed by atoms with van der Waals surface area (Å²) in [5.74, 6) is 1.08. The van der Waals surface area contributed by atoms with Gasteiger partial charge in [-0.1, -0.05) is 37.3 Å². The molecule has 0 unspecified atom stereocenters. The Morgan fingerprint density at radius 2 is 1.80 bits per heavy atom. The van der Waals surface area contributed by atoms with Crippen molar-refractivity contribution in [1.29, 1.82) is 0 Å². The molecule has 0 aliphatic rings. The highest BCUT2D eigenvalue weighted by Crippen LogP contribution is 2.31. The molecule has 0 radical (unpaired) electrons. The molecule has 25 heavy (non-hydrogen) atoms. The van der Waals surface area contributed by atoms with E-state index in [1.807, 2.05) is 19.1 Å². The monoisotopic (exact) mass is 354 g/mol. The second-order valence-electron chi connectivity index (χ2n) is 6.58. The number of fused-ring (bicyclic) bond motifs is 1. The average molecular weight is 354 g/mol. The van der Waals surface area contributed by atoms with Crippen molar-refractivity contribution in [1.82, 2.24) is 4.98 Å². The molecule has 3 rings (SSSR count). The fraction of sp³-hybridized carbons (Fsp3) is 0.300. The second-order valence-corrected chi connectivity index (χ2v) is 7.58. The number of benzene rings is 2. The summed E-state index contributed by atoms with van der Waals surface area (Å²) in [6.07, 6.45) is 0. The standard InChI is InChI=1S/C20H22N2O2S/c1-12(2)11-24-16-9-7-15(8-10-16)19(23)22-20-21-17-13(3)5-6-14(4)18(17)25-20/h5-10,12H,11H2,1-4H3,(H,21,22,23). The summed E-state index contributed by atoms with van der Waals surface area (Å²) in [6.45, 7) is 8.95. The van der Waals surface area contributed by atoms with Crippen molar-refractivity contribution in [2.45, 2.75) is 27.7 Å². The number of hydrogen-bond donors (Lipinski definition) is 1. The van der Waals surface area contributed by atoms with Gasteiger partial charge < -0.3 is 4.74 Å². The highest BCUT2D eigenvalue weighted by atomic mass is 32.1. The highest BCUT2D eigenvalue weighted by molar-refractivity contribution is 7.22. The van der Waals surface area contributed by atoms with Gasteiger partial charge in [-0.2, -0.15) is 0 Å². The lowest BCUT2D eigenvalue weighted by molar-refractivity contribution is 0.102. The van der Waals surface area contributed by atoms with Crippen molar-refractivity contribution in [3.8, 4) is 5.75 Å². The number of hydrogen-bond acceptors (Lipinski definition) is 4. The van der Waals surface area contributed by atoms with Crippen LogP contribution in [0.2, 0.25) is 0 Å². The van der Waals surface area contributed by atoms with Gasteiger partial charge in [0, 0.05) is 5.56 Å². The molecular weight excluding hydrogens is 332 g/mol.